The molecule has 0 saturated carbocycles. The molecule has 25 heavy (non-hydrogen) atoms. The van der Waals surface area contributed by atoms with Crippen molar-refractivity contribution in [2.45, 2.75) is 19.8 Å². The third-order valence-corrected chi connectivity index (χ3v) is 3.89. The van der Waals surface area contributed by atoms with Crippen LogP contribution in [0.2, 0.25) is 0 Å². The van der Waals surface area contributed by atoms with Crippen LogP contribution in [0, 0.1) is 0 Å². The van der Waals surface area contributed by atoms with Crippen molar-refractivity contribution in [2.24, 2.45) is 0 Å². The average Bonchev–Trinajstić information content (AvgIpc) is 2.55. The number of thiocarbonyl (C=S) groups is 1. The number of benzene rings is 2. The van der Waals surface area contributed by atoms with Crippen molar-refractivity contribution in [1.82, 2.24) is 5.32 Å². The monoisotopic (exact) mass is 419 g/mol. The topological polar surface area (TPSA) is 70.2 Å². The van der Waals surface area contributed by atoms with E-state index in [4.69, 9.17) is 12.2 Å². The van der Waals surface area contributed by atoms with Gasteiger partial charge in [-0.25, -0.2) is 0 Å². The highest BCUT2D eigenvalue weighted by molar-refractivity contribution is 9.10. The molecule has 2 aromatic carbocycles. The van der Waals surface area contributed by atoms with Gasteiger partial charge in [-0.05, 0) is 55.0 Å². The second-order valence-corrected chi connectivity index (χ2v) is 6.62. The van der Waals surface area contributed by atoms with Crippen LogP contribution in [0.25, 0.3) is 0 Å². The lowest BCUT2D eigenvalue weighted by atomic mass is 10.2. The largest absolute Gasteiger partial charge is 0.332 e. The van der Waals surface area contributed by atoms with Gasteiger partial charge in [0, 0.05) is 27.8 Å². The summed E-state index contributed by atoms with van der Waals surface area (Å²) in [5.74, 6) is -0.337. The Labute approximate surface area is 160 Å². The van der Waals surface area contributed by atoms with E-state index in [0.29, 0.717) is 23.4 Å². The molecule has 3 N–H and O–H groups in total. The number of nitrogens with one attached hydrogen (secondary N) is 3. The molecule has 7 heteroatoms. The Hall–Kier alpha value is -2.25. The van der Waals surface area contributed by atoms with Gasteiger partial charge >= 0.3 is 0 Å². The normalized spacial score (nSPS) is 10.0. The molecular weight excluding hydrogens is 402 g/mol. The lowest BCUT2D eigenvalue weighted by molar-refractivity contribution is -0.116. The van der Waals surface area contributed by atoms with Crippen LogP contribution in [0.3, 0.4) is 0 Å². The van der Waals surface area contributed by atoms with E-state index in [-0.39, 0.29) is 16.9 Å². The maximum absolute atomic E-state index is 12.2. The smallest absolute Gasteiger partial charge is 0.257 e. The van der Waals surface area contributed by atoms with Crippen LogP contribution in [0.5, 0.6) is 0 Å². The van der Waals surface area contributed by atoms with Crippen molar-refractivity contribution >= 4 is 56.4 Å². The maximum Gasteiger partial charge on any atom is 0.257 e. The van der Waals surface area contributed by atoms with Crippen LogP contribution in [-0.2, 0) is 4.79 Å². The Bertz CT molecular complexity index is 795. The Morgan fingerprint density at radius 1 is 1.04 bits per heavy atom. The highest BCUT2D eigenvalue weighted by Crippen LogP contribution is 2.16. The van der Waals surface area contributed by atoms with Gasteiger partial charge in [-0.3, -0.25) is 14.9 Å². The fourth-order valence-electron chi connectivity index (χ4n) is 2.09. The van der Waals surface area contributed by atoms with Crippen LogP contribution >= 0.6 is 28.1 Å². The summed E-state index contributed by atoms with van der Waals surface area (Å²) in [6, 6.07) is 14.2. The minimum atomic E-state index is -0.300. The summed E-state index contributed by atoms with van der Waals surface area (Å²) < 4.78 is 0.814. The van der Waals surface area contributed by atoms with E-state index >= 15 is 0 Å². The SMILES string of the molecule is CCCC(=O)Nc1cccc(NC(=S)NC(=O)c2cccc(Br)c2)c1. The first kappa shape index (κ1) is 19.1. The first-order valence-corrected chi connectivity index (χ1v) is 8.96. The Morgan fingerprint density at radius 3 is 2.40 bits per heavy atom. The molecule has 5 nitrogen and oxygen atoms in total. The van der Waals surface area contributed by atoms with Crippen LogP contribution < -0.4 is 16.0 Å². The van der Waals surface area contributed by atoms with Crippen LogP contribution in [0.4, 0.5) is 11.4 Å². The van der Waals surface area contributed by atoms with Crippen molar-refractivity contribution < 1.29 is 9.59 Å². The lowest BCUT2D eigenvalue weighted by Gasteiger charge is -2.11. The van der Waals surface area contributed by atoms with Gasteiger partial charge in [-0.1, -0.05) is 35.0 Å². The average molecular weight is 420 g/mol. The molecule has 0 fully saturated rings. The molecule has 0 heterocycles. The van der Waals surface area contributed by atoms with Gasteiger partial charge in [0.2, 0.25) is 5.91 Å². The van der Waals surface area contributed by atoms with Crippen molar-refractivity contribution in [2.75, 3.05) is 10.6 Å². The summed E-state index contributed by atoms with van der Waals surface area (Å²) in [4.78, 5) is 23.8. The molecule has 130 valence electrons. The number of carbonyl (C=O) groups excluding carboxylic acids is 2. The highest BCUT2D eigenvalue weighted by Gasteiger charge is 2.09. The number of hydrogen-bond acceptors (Lipinski definition) is 3. The van der Waals surface area contributed by atoms with Gasteiger partial charge in [0.15, 0.2) is 5.11 Å². The predicted molar refractivity (Wildman–Crippen MR) is 108 cm³/mol. The van der Waals surface area contributed by atoms with Crippen LogP contribution in [0.1, 0.15) is 30.1 Å². The standard InChI is InChI=1S/C18H18BrN3O2S/c1-2-5-16(23)20-14-8-4-9-15(11-14)21-18(25)22-17(24)12-6-3-7-13(19)10-12/h3-4,6-11H,2,5H2,1H3,(H,20,23)(H2,21,22,24,25). The zero-order valence-electron chi connectivity index (χ0n) is 13.6. The summed E-state index contributed by atoms with van der Waals surface area (Å²) >= 11 is 8.50. The van der Waals surface area contributed by atoms with Gasteiger partial charge in [-0.15, -0.1) is 0 Å². The van der Waals surface area contributed by atoms with Gasteiger partial charge in [0.1, 0.15) is 0 Å². The van der Waals surface area contributed by atoms with Crippen LogP contribution in [-0.4, -0.2) is 16.9 Å². The van der Waals surface area contributed by atoms with E-state index in [9.17, 15) is 9.59 Å². The van der Waals surface area contributed by atoms with Crippen molar-refractivity contribution in [1.29, 1.82) is 0 Å². The van der Waals surface area contributed by atoms with Gasteiger partial charge in [-0.2, -0.15) is 0 Å². The quantitative estimate of drug-likeness (QED) is 0.631. The Morgan fingerprint density at radius 2 is 1.72 bits per heavy atom. The van der Waals surface area contributed by atoms with Crippen molar-refractivity contribution in [3.63, 3.8) is 0 Å². The third kappa shape index (κ3) is 6.28. The molecule has 0 aliphatic carbocycles. The second kappa shape index (κ2) is 9.29. The number of amides is 2. The molecule has 0 radical (unpaired) electrons. The van der Waals surface area contributed by atoms with E-state index in [0.717, 1.165) is 10.9 Å². The highest BCUT2D eigenvalue weighted by atomic mass is 79.9. The summed E-state index contributed by atoms with van der Waals surface area (Å²) in [5.41, 5.74) is 1.84. The number of halogens is 1. The summed E-state index contributed by atoms with van der Waals surface area (Å²) in [6.07, 6.45) is 1.26. The molecular formula is C18H18BrN3O2S. The summed E-state index contributed by atoms with van der Waals surface area (Å²) in [6.45, 7) is 1.95. The van der Waals surface area contributed by atoms with E-state index in [1.807, 2.05) is 13.0 Å². The minimum Gasteiger partial charge on any atom is -0.332 e. The first-order valence-electron chi connectivity index (χ1n) is 7.75. The molecule has 0 saturated heterocycles. The van der Waals surface area contributed by atoms with Crippen molar-refractivity contribution in [3.8, 4) is 0 Å². The number of carbonyl (C=O) groups is 2. The molecule has 0 atom stereocenters. The predicted octanol–water partition coefficient (Wildman–Crippen LogP) is 4.31. The molecule has 0 aliphatic heterocycles. The molecule has 0 spiro atoms. The summed E-state index contributed by atoms with van der Waals surface area (Å²) in [5, 5.41) is 8.56. The second-order valence-electron chi connectivity index (χ2n) is 5.30. The zero-order chi connectivity index (χ0) is 18.2. The molecule has 0 aliphatic rings. The molecule has 0 bridgehead atoms. The van der Waals surface area contributed by atoms with Crippen molar-refractivity contribution in [3.05, 3.63) is 58.6 Å². The van der Waals surface area contributed by atoms with Gasteiger partial charge in [0.05, 0.1) is 0 Å². The molecule has 2 rings (SSSR count). The third-order valence-electron chi connectivity index (χ3n) is 3.20. The molecule has 0 aromatic heterocycles. The van der Waals surface area contributed by atoms with Crippen LogP contribution in [0.15, 0.2) is 53.0 Å². The Balaban J connectivity index is 1.96. The maximum atomic E-state index is 12.2. The Kier molecular flexibility index (Phi) is 7.09. The fraction of sp³-hybridized carbons (Fsp3) is 0.167. The fourth-order valence-corrected chi connectivity index (χ4v) is 2.70. The molecule has 0 unspecified atom stereocenters. The number of hydrogen-bond donors (Lipinski definition) is 3. The number of rotatable bonds is 5. The van der Waals surface area contributed by atoms with E-state index in [2.05, 4.69) is 31.9 Å². The minimum absolute atomic E-state index is 0.0369. The zero-order valence-corrected chi connectivity index (χ0v) is 16.0. The van der Waals surface area contributed by atoms with E-state index in [1.54, 1.807) is 42.5 Å². The lowest BCUT2D eigenvalue weighted by Crippen LogP contribution is -2.34. The molecule has 2 amide bonds. The van der Waals surface area contributed by atoms with Gasteiger partial charge < -0.3 is 10.6 Å². The van der Waals surface area contributed by atoms with E-state index < -0.39 is 0 Å². The van der Waals surface area contributed by atoms with E-state index in [1.165, 1.54) is 0 Å². The first-order chi connectivity index (χ1) is 12.0. The van der Waals surface area contributed by atoms with Gasteiger partial charge in [0.25, 0.3) is 5.91 Å². The number of anilines is 2. The molecule has 2 aromatic rings. The summed E-state index contributed by atoms with van der Waals surface area (Å²) in [7, 11) is 0.